The third-order valence-corrected chi connectivity index (χ3v) is 4.52. The Bertz CT molecular complexity index is 605. The average molecular weight is 335 g/mol. The van der Waals surface area contributed by atoms with Crippen LogP contribution in [0.15, 0.2) is 46.9 Å². The monoisotopic (exact) mass is 334 g/mol. The highest BCUT2D eigenvalue weighted by atomic mass is 79.9. The van der Waals surface area contributed by atoms with Crippen LogP contribution in [0.25, 0.3) is 0 Å². The number of fused-ring (bicyclic) bond motifs is 1. The number of hydrazine groups is 1. The number of benzene rings is 2. The first-order valence-electron chi connectivity index (χ1n) is 6.67. The van der Waals surface area contributed by atoms with E-state index in [-0.39, 0.29) is 17.8 Å². The van der Waals surface area contributed by atoms with Gasteiger partial charge in [0.05, 0.1) is 6.04 Å². The fourth-order valence-electron chi connectivity index (χ4n) is 3.06. The van der Waals surface area contributed by atoms with Gasteiger partial charge in [-0.3, -0.25) is 11.3 Å². The fraction of sp³-hybridized carbons (Fsp3) is 0.250. The number of halogens is 2. The van der Waals surface area contributed by atoms with Gasteiger partial charge in [-0.1, -0.05) is 40.2 Å². The van der Waals surface area contributed by atoms with Gasteiger partial charge >= 0.3 is 0 Å². The number of hydrogen-bond donors (Lipinski definition) is 2. The second-order valence-electron chi connectivity index (χ2n) is 5.25. The van der Waals surface area contributed by atoms with E-state index in [9.17, 15) is 4.39 Å². The Balaban J connectivity index is 1.91. The molecule has 104 valence electrons. The molecular weight excluding hydrogens is 319 g/mol. The van der Waals surface area contributed by atoms with E-state index in [1.807, 2.05) is 18.2 Å². The highest BCUT2D eigenvalue weighted by Crippen LogP contribution is 2.36. The zero-order chi connectivity index (χ0) is 14.1. The van der Waals surface area contributed by atoms with Gasteiger partial charge in [0, 0.05) is 10.0 Å². The van der Waals surface area contributed by atoms with E-state index in [0.717, 1.165) is 17.3 Å². The Morgan fingerprint density at radius 3 is 2.40 bits per heavy atom. The first kappa shape index (κ1) is 13.7. The van der Waals surface area contributed by atoms with Crippen molar-refractivity contribution < 1.29 is 4.39 Å². The molecule has 0 saturated heterocycles. The summed E-state index contributed by atoms with van der Waals surface area (Å²) >= 11 is 3.40. The van der Waals surface area contributed by atoms with Gasteiger partial charge in [0.15, 0.2) is 0 Å². The van der Waals surface area contributed by atoms with Crippen LogP contribution in [0.4, 0.5) is 4.39 Å². The second-order valence-corrected chi connectivity index (χ2v) is 6.16. The van der Waals surface area contributed by atoms with Crippen molar-refractivity contribution in [1.82, 2.24) is 5.43 Å². The quantitative estimate of drug-likeness (QED) is 0.665. The van der Waals surface area contributed by atoms with Crippen molar-refractivity contribution >= 4 is 15.9 Å². The van der Waals surface area contributed by atoms with Gasteiger partial charge in [0.25, 0.3) is 0 Å². The first-order valence-corrected chi connectivity index (χ1v) is 7.46. The molecule has 3 rings (SSSR count). The summed E-state index contributed by atoms with van der Waals surface area (Å²) in [6, 6.07) is 13.2. The molecule has 0 saturated carbocycles. The normalized spacial score (nSPS) is 16.1. The first-order chi connectivity index (χ1) is 9.69. The Hall–Kier alpha value is -1.23. The molecule has 0 spiro atoms. The molecule has 0 heterocycles. The van der Waals surface area contributed by atoms with Crippen molar-refractivity contribution in [3.05, 3.63) is 69.4 Å². The highest BCUT2D eigenvalue weighted by Gasteiger charge is 2.30. The second kappa shape index (κ2) is 5.64. The molecule has 1 atom stereocenters. The SMILES string of the molecule is NNC(c1cc(Br)ccc1F)C1Cc2ccccc2C1. The molecule has 0 fully saturated rings. The third-order valence-electron chi connectivity index (χ3n) is 4.03. The Labute approximate surface area is 126 Å². The van der Waals surface area contributed by atoms with Crippen molar-refractivity contribution in [3.63, 3.8) is 0 Å². The lowest BCUT2D eigenvalue weighted by Crippen LogP contribution is -2.34. The van der Waals surface area contributed by atoms with E-state index < -0.39 is 0 Å². The molecule has 0 aromatic heterocycles. The lowest BCUT2D eigenvalue weighted by Gasteiger charge is -2.23. The van der Waals surface area contributed by atoms with E-state index in [1.165, 1.54) is 17.2 Å². The molecule has 0 bridgehead atoms. The molecule has 0 aliphatic heterocycles. The molecule has 3 N–H and O–H groups in total. The van der Waals surface area contributed by atoms with Gasteiger partial charge < -0.3 is 0 Å². The molecular formula is C16H16BrFN2. The van der Waals surface area contributed by atoms with Crippen LogP contribution in [0.1, 0.15) is 22.7 Å². The van der Waals surface area contributed by atoms with E-state index in [2.05, 4.69) is 33.5 Å². The van der Waals surface area contributed by atoms with Gasteiger partial charge in [0.2, 0.25) is 0 Å². The minimum atomic E-state index is -0.216. The van der Waals surface area contributed by atoms with Crippen molar-refractivity contribution in [2.24, 2.45) is 11.8 Å². The van der Waals surface area contributed by atoms with Gasteiger partial charge in [-0.15, -0.1) is 0 Å². The highest BCUT2D eigenvalue weighted by molar-refractivity contribution is 9.10. The van der Waals surface area contributed by atoms with Crippen LogP contribution >= 0.6 is 15.9 Å². The molecule has 0 amide bonds. The van der Waals surface area contributed by atoms with Crippen molar-refractivity contribution in [2.75, 3.05) is 0 Å². The molecule has 1 aliphatic carbocycles. The average Bonchev–Trinajstić information content (AvgIpc) is 2.87. The molecule has 1 unspecified atom stereocenters. The van der Waals surface area contributed by atoms with Crippen LogP contribution in [0, 0.1) is 11.7 Å². The molecule has 2 nitrogen and oxygen atoms in total. The number of rotatable bonds is 3. The molecule has 0 radical (unpaired) electrons. The van der Waals surface area contributed by atoms with E-state index in [0.29, 0.717) is 5.56 Å². The number of nitrogens with one attached hydrogen (secondary N) is 1. The molecule has 2 aromatic rings. The predicted molar refractivity (Wildman–Crippen MR) is 81.5 cm³/mol. The third kappa shape index (κ3) is 2.51. The Kier molecular flexibility index (Phi) is 3.87. The van der Waals surface area contributed by atoms with E-state index in [4.69, 9.17) is 5.84 Å². The lowest BCUT2D eigenvalue weighted by atomic mass is 9.91. The van der Waals surface area contributed by atoms with Gasteiger partial charge in [0.1, 0.15) is 5.82 Å². The summed E-state index contributed by atoms with van der Waals surface area (Å²) in [6.45, 7) is 0. The summed E-state index contributed by atoms with van der Waals surface area (Å²) in [6.07, 6.45) is 1.86. The molecule has 1 aliphatic rings. The molecule has 20 heavy (non-hydrogen) atoms. The zero-order valence-corrected chi connectivity index (χ0v) is 12.5. The number of hydrogen-bond acceptors (Lipinski definition) is 2. The van der Waals surface area contributed by atoms with Crippen LogP contribution in [-0.4, -0.2) is 0 Å². The summed E-state index contributed by atoms with van der Waals surface area (Å²) < 4.78 is 14.9. The summed E-state index contributed by atoms with van der Waals surface area (Å²) in [5.41, 5.74) is 6.11. The molecule has 4 heteroatoms. The van der Waals surface area contributed by atoms with Gasteiger partial charge in [-0.25, -0.2) is 4.39 Å². The summed E-state index contributed by atoms with van der Waals surface area (Å²) in [4.78, 5) is 0. The minimum Gasteiger partial charge on any atom is -0.271 e. The van der Waals surface area contributed by atoms with Crippen molar-refractivity contribution in [1.29, 1.82) is 0 Å². The lowest BCUT2D eigenvalue weighted by molar-refractivity contribution is 0.367. The maximum Gasteiger partial charge on any atom is 0.128 e. The van der Waals surface area contributed by atoms with Crippen LogP contribution < -0.4 is 11.3 Å². The van der Waals surface area contributed by atoms with Gasteiger partial charge in [-0.2, -0.15) is 0 Å². The number of nitrogens with two attached hydrogens (primary N) is 1. The van der Waals surface area contributed by atoms with Crippen LogP contribution in [-0.2, 0) is 12.8 Å². The maximum absolute atomic E-state index is 14.1. The smallest absolute Gasteiger partial charge is 0.128 e. The van der Waals surface area contributed by atoms with Crippen LogP contribution in [0.3, 0.4) is 0 Å². The zero-order valence-electron chi connectivity index (χ0n) is 10.9. The Morgan fingerprint density at radius 2 is 1.80 bits per heavy atom. The summed E-state index contributed by atoms with van der Waals surface area (Å²) in [5, 5.41) is 0. The fourth-order valence-corrected chi connectivity index (χ4v) is 3.44. The van der Waals surface area contributed by atoms with Crippen LogP contribution in [0.5, 0.6) is 0 Å². The largest absolute Gasteiger partial charge is 0.271 e. The topological polar surface area (TPSA) is 38.0 Å². The maximum atomic E-state index is 14.1. The Morgan fingerprint density at radius 1 is 1.15 bits per heavy atom. The standard InChI is InChI=1S/C16H16BrFN2/c17-13-5-6-15(18)14(9-13)16(20-19)12-7-10-3-1-2-4-11(10)8-12/h1-6,9,12,16,20H,7-8,19H2. The predicted octanol–water partition coefficient (Wildman–Crippen LogP) is 3.51. The summed E-state index contributed by atoms with van der Waals surface area (Å²) in [7, 11) is 0. The molecule has 2 aromatic carbocycles. The van der Waals surface area contributed by atoms with E-state index >= 15 is 0 Å². The van der Waals surface area contributed by atoms with E-state index in [1.54, 1.807) is 6.07 Å². The van der Waals surface area contributed by atoms with Crippen molar-refractivity contribution in [3.8, 4) is 0 Å². The summed E-state index contributed by atoms with van der Waals surface area (Å²) in [5.74, 6) is 5.77. The van der Waals surface area contributed by atoms with Gasteiger partial charge in [-0.05, 0) is 48.1 Å². The minimum absolute atomic E-state index is 0.181. The van der Waals surface area contributed by atoms with Crippen molar-refractivity contribution in [2.45, 2.75) is 18.9 Å². The van der Waals surface area contributed by atoms with Crippen LogP contribution in [0.2, 0.25) is 0 Å².